The predicted molar refractivity (Wildman–Crippen MR) is 217 cm³/mol. The SMILES string of the molecule is C=CCNC(=O)C(=O)[C@H](CC1CC1)NC(=O)[C@@H]1[C@@H]2[C@H](CN1C(=O)[C@@H](NC(=O)N[C@H](CN(C)c1c(C(C)(C)C)c(=O)c1=O)C(C)(C)C)C1(C)CCCCC1)C2(C)C. The molecule has 0 aromatic heterocycles. The molecular weight excluding hydrogens is 713 g/mol. The normalized spacial score (nSPS) is 24.2. The molecule has 13 nitrogen and oxygen atoms in total. The summed E-state index contributed by atoms with van der Waals surface area (Å²) in [6.07, 6.45) is 7.95. The maximum absolute atomic E-state index is 15.0. The van der Waals surface area contributed by atoms with E-state index in [0.29, 0.717) is 24.2 Å². The number of ketones is 1. The van der Waals surface area contributed by atoms with Crippen LogP contribution in [0.2, 0.25) is 0 Å². The molecule has 5 amide bonds. The zero-order chi connectivity index (χ0) is 41.7. The number of rotatable bonds is 15. The molecule has 5 rings (SSSR count). The molecule has 1 aromatic rings. The van der Waals surface area contributed by atoms with Gasteiger partial charge in [0.15, 0.2) is 0 Å². The number of anilines is 1. The molecule has 0 spiro atoms. The van der Waals surface area contributed by atoms with E-state index in [-0.39, 0.29) is 42.2 Å². The number of nitrogens with zero attached hydrogens (tertiary/aromatic N) is 2. The summed E-state index contributed by atoms with van der Waals surface area (Å²) in [7, 11) is 1.75. The zero-order valence-corrected chi connectivity index (χ0v) is 35.4. The topological polar surface area (TPSA) is 174 Å². The summed E-state index contributed by atoms with van der Waals surface area (Å²) in [6.45, 7) is 22.1. The van der Waals surface area contributed by atoms with Crippen LogP contribution in [0.25, 0.3) is 0 Å². The van der Waals surface area contributed by atoms with Crippen molar-refractivity contribution in [1.29, 1.82) is 0 Å². The van der Waals surface area contributed by atoms with E-state index in [1.54, 1.807) is 16.8 Å². The van der Waals surface area contributed by atoms with Gasteiger partial charge in [-0.05, 0) is 58.7 Å². The van der Waals surface area contributed by atoms with Crippen molar-refractivity contribution in [2.45, 2.75) is 143 Å². The minimum Gasteiger partial charge on any atom is -0.369 e. The lowest BCUT2D eigenvalue weighted by Gasteiger charge is -2.43. The van der Waals surface area contributed by atoms with Gasteiger partial charge in [0, 0.05) is 32.2 Å². The molecule has 0 radical (unpaired) electrons. The van der Waals surface area contributed by atoms with E-state index in [4.69, 9.17) is 0 Å². The molecule has 6 atom stereocenters. The lowest BCUT2D eigenvalue weighted by molar-refractivity contribution is -0.146. The lowest BCUT2D eigenvalue weighted by Crippen LogP contribution is -2.64. The molecule has 0 bridgehead atoms. The van der Waals surface area contributed by atoms with E-state index in [9.17, 15) is 33.6 Å². The van der Waals surface area contributed by atoms with E-state index >= 15 is 0 Å². The molecule has 1 aromatic carbocycles. The Morgan fingerprint density at radius 3 is 2.11 bits per heavy atom. The number of likely N-dealkylation sites (N-methyl/N-ethyl adjacent to an activating group) is 1. The Bertz CT molecular complexity index is 1790. The summed E-state index contributed by atoms with van der Waals surface area (Å²) < 4.78 is 0. The van der Waals surface area contributed by atoms with E-state index < -0.39 is 74.9 Å². The number of Topliss-reactive ketones (excluding diaryl/α,β-unsaturated/α-hetero) is 1. The fourth-order valence-corrected chi connectivity index (χ4v) is 9.42. The summed E-state index contributed by atoms with van der Waals surface area (Å²) in [5.74, 6) is -2.10. The molecule has 0 unspecified atom stereocenters. The summed E-state index contributed by atoms with van der Waals surface area (Å²) in [5, 5.41) is 11.6. The second-order valence-electron chi connectivity index (χ2n) is 20.2. The fourth-order valence-electron chi connectivity index (χ4n) is 9.42. The molecule has 310 valence electrons. The fraction of sp³-hybridized carbons (Fsp3) is 0.744. The highest BCUT2D eigenvalue weighted by Crippen LogP contribution is 2.65. The van der Waals surface area contributed by atoms with Crippen LogP contribution in [0.4, 0.5) is 10.5 Å². The monoisotopic (exact) mass is 778 g/mol. The molecule has 3 aliphatic carbocycles. The van der Waals surface area contributed by atoms with Crippen LogP contribution in [0.5, 0.6) is 0 Å². The Balaban J connectivity index is 1.38. The minimum absolute atomic E-state index is 0.0681. The van der Waals surface area contributed by atoms with Gasteiger partial charge in [-0.3, -0.25) is 28.8 Å². The van der Waals surface area contributed by atoms with Gasteiger partial charge < -0.3 is 31.1 Å². The Morgan fingerprint density at radius 1 is 0.929 bits per heavy atom. The average molecular weight is 779 g/mol. The Labute approximate surface area is 332 Å². The van der Waals surface area contributed by atoms with Crippen LogP contribution in [-0.2, 0) is 24.6 Å². The van der Waals surface area contributed by atoms with E-state index in [1.807, 2.05) is 48.5 Å². The molecule has 1 saturated heterocycles. The number of urea groups is 1. The van der Waals surface area contributed by atoms with Crippen LogP contribution in [0.3, 0.4) is 0 Å². The quantitative estimate of drug-likeness (QED) is 0.154. The van der Waals surface area contributed by atoms with Crippen molar-refractivity contribution in [1.82, 2.24) is 26.2 Å². The molecular formula is C43H66N6O7. The van der Waals surface area contributed by atoms with Gasteiger partial charge in [-0.15, -0.1) is 6.58 Å². The van der Waals surface area contributed by atoms with Gasteiger partial charge in [0.25, 0.3) is 5.91 Å². The van der Waals surface area contributed by atoms with E-state index in [0.717, 1.165) is 44.9 Å². The van der Waals surface area contributed by atoms with Crippen LogP contribution >= 0.6 is 0 Å². The first kappa shape index (κ1) is 43.1. The molecule has 1 heterocycles. The van der Waals surface area contributed by atoms with Crippen LogP contribution in [0.15, 0.2) is 22.2 Å². The summed E-state index contributed by atoms with van der Waals surface area (Å²) in [5.41, 5.74) is -1.95. The first-order chi connectivity index (χ1) is 25.9. The van der Waals surface area contributed by atoms with Crippen LogP contribution in [-0.4, -0.2) is 85.3 Å². The Kier molecular flexibility index (Phi) is 12.1. The minimum atomic E-state index is -1.01. The largest absolute Gasteiger partial charge is 0.369 e. The van der Waals surface area contributed by atoms with Gasteiger partial charge in [-0.1, -0.05) is 100 Å². The van der Waals surface area contributed by atoms with Crippen molar-refractivity contribution in [2.75, 3.05) is 31.6 Å². The predicted octanol–water partition coefficient (Wildman–Crippen LogP) is 3.71. The number of fused-ring (bicyclic) bond motifs is 1. The third-order valence-electron chi connectivity index (χ3n) is 13.3. The number of amides is 5. The smallest absolute Gasteiger partial charge is 0.315 e. The lowest BCUT2D eigenvalue weighted by atomic mass is 9.70. The van der Waals surface area contributed by atoms with Gasteiger partial charge in [0.05, 0.1) is 17.8 Å². The molecule has 1 aliphatic heterocycles. The molecule has 13 heteroatoms. The Hall–Kier alpha value is -4.03. The average Bonchev–Trinajstić information content (AvgIpc) is 3.96. The summed E-state index contributed by atoms with van der Waals surface area (Å²) in [4.78, 5) is 98.2. The van der Waals surface area contributed by atoms with E-state index in [2.05, 4.69) is 41.7 Å². The van der Waals surface area contributed by atoms with Gasteiger partial charge in [-0.2, -0.15) is 0 Å². The van der Waals surface area contributed by atoms with Crippen molar-refractivity contribution in [3.05, 3.63) is 38.7 Å². The second-order valence-corrected chi connectivity index (χ2v) is 20.2. The molecule has 3 saturated carbocycles. The molecule has 4 fully saturated rings. The molecule has 4 aliphatic rings. The number of hydrogen-bond donors (Lipinski definition) is 4. The molecule has 4 N–H and O–H groups in total. The number of nitrogens with one attached hydrogen (secondary N) is 4. The third-order valence-corrected chi connectivity index (χ3v) is 13.3. The maximum atomic E-state index is 15.0. The van der Waals surface area contributed by atoms with Crippen molar-refractivity contribution < 1.29 is 24.0 Å². The highest BCUT2D eigenvalue weighted by molar-refractivity contribution is 6.38. The summed E-state index contributed by atoms with van der Waals surface area (Å²) >= 11 is 0. The van der Waals surface area contributed by atoms with Crippen molar-refractivity contribution in [2.24, 2.45) is 34.0 Å². The number of likely N-dealkylation sites (tertiary alicyclic amines) is 1. The van der Waals surface area contributed by atoms with Crippen molar-refractivity contribution >= 4 is 35.2 Å². The van der Waals surface area contributed by atoms with Gasteiger partial charge in [0.2, 0.25) is 28.5 Å². The number of hydrogen-bond acceptors (Lipinski definition) is 8. The van der Waals surface area contributed by atoms with E-state index in [1.165, 1.54) is 6.08 Å². The number of carbonyl (C=O) groups excluding carboxylic acids is 5. The zero-order valence-electron chi connectivity index (χ0n) is 35.4. The van der Waals surface area contributed by atoms with Crippen LogP contribution in [0, 0.1) is 34.0 Å². The van der Waals surface area contributed by atoms with Gasteiger partial charge in [0.1, 0.15) is 12.1 Å². The third kappa shape index (κ3) is 8.76. The Morgan fingerprint density at radius 2 is 1.55 bits per heavy atom. The standard InChI is InChI=1S/C43H66N6O7/c1-12-20-44-37(54)32(50)26(21-24-16-17-24)45-36(53)31-28-25(42(28,8)9)22-49(31)38(55)35(43(10)18-14-13-15-19-43)47-39(56)46-27(40(2,3)4)23-48(11)30-29(41(5,6)7)33(51)34(30)52/h12,24-28,31,35H,1,13-23H2,2-11H3,(H,44,54)(H,45,53)(H2,46,47,56)/t25-,26-,27+,28-,31-,35+/m0/s1. The van der Waals surface area contributed by atoms with Crippen LogP contribution < -0.4 is 37.0 Å². The number of piperidine rings is 1. The van der Waals surface area contributed by atoms with Gasteiger partial charge in [-0.25, -0.2) is 4.79 Å². The summed E-state index contributed by atoms with van der Waals surface area (Å²) in [6, 6.07) is -3.83. The number of carbonyl (C=O) groups is 5. The van der Waals surface area contributed by atoms with Crippen molar-refractivity contribution in [3.63, 3.8) is 0 Å². The van der Waals surface area contributed by atoms with Crippen LogP contribution in [0.1, 0.15) is 119 Å². The highest BCUT2D eigenvalue weighted by atomic mass is 16.2. The highest BCUT2D eigenvalue weighted by Gasteiger charge is 2.70. The second kappa shape index (κ2) is 15.7. The first-order valence-electron chi connectivity index (χ1n) is 20.6. The molecule has 56 heavy (non-hydrogen) atoms. The first-order valence-corrected chi connectivity index (χ1v) is 20.6. The van der Waals surface area contributed by atoms with Crippen molar-refractivity contribution in [3.8, 4) is 0 Å². The maximum Gasteiger partial charge on any atom is 0.315 e. The van der Waals surface area contributed by atoms with Gasteiger partial charge >= 0.3 is 6.03 Å².